The van der Waals surface area contributed by atoms with Crippen molar-refractivity contribution in [2.45, 2.75) is 0 Å². The fourth-order valence-corrected chi connectivity index (χ4v) is 2.57. The van der Waals surface area contributed by atoms with Gasteiger partial charge in [0.2, 0.25) is 5.06 Å². The molecule has 2 aromatic rings. The molecule has 4 nitrogen and oxygen atoms in total. The van der Waals surface area contributed by atoms with Crippen molar-refractivity contribution in [2.24, 2.45) is 0 Å². The summed E-state index contributed by atoms with van der Waals surface area (Å²) in [5.74, 6) is 0.484. The summed E-state index contributed by atoms with van der Waals surface area (Å²) in [6.07, 6.45) is 0.735. The van der Waals surface area contributed by atoms with E-state index < -0.39 is 0 Å². The highest BCUT2D eigenvalue weighted by Crippen LogP contribution is 2.36. The summed E-state index contributed by atoms with van der Waals surface area (Å²) >= 11 is 10.0. The van der Waals surface area contributed by atoms with E-state index in [1.807, 2.05) is 6.07 Å². The Bertz CT molecular complexity index is 651. The number of carbonyl (C=O) groups excluding carboxylic acids is 1. The SMILES string of the molecule is N#Cc1c(Cl)nsc1Oc1ccc(C=O)cc1Br. The molecule has 0 aliphatic heterocycles. The lowest BCUT2D eigenvalue weighted by atomic mass is 10.2. The van der Waals surface area contributed by atoms with Gasteiger partial charge in [0.1, 0.15) is 23.7 Å². The van der Waals surface area contributed by atoms with E-state index in [0.29, 0.717) is 20.8 Å². The predicted molar refractivity (Wildman–Crippen MR) is 71.4 cm³/mol. The van der Waals surface area contributed by atoms with Crippen LogP contribution in [-0.2, 0) is 0 Å². The lowest BCUT2D eigenvalue weighted by Crippen LogP contribution is -1.87. The molecule has 0 saturated heterocycles. The lowest BCUT2D eigenvalue weighted by Gasteiger charge is -2.05. The maximum Gasteiger partial charge on any atom is 0.219 e. The van der Waals surface area contributed by atoms with Gasteiger partial charge in [0, 0.05) is 17.1 Å². The quantitative estimate of drug-likeness (QED) is 0.789. The molecule has 90 valence electrons. The Morgan fingerprint density at radius 1 is 1.56 bits per heavy atom. The van der Waals surface area contributed by atoms with E-state index in [0.717, 1.165) is 17.8 Å². The lowest BCUT2D eigenvalue weighted by molar-refractivity contribution is 0.112. The molecule has 1 aromatic heterocycles. The second kappa shape index (κ2) is 5.48. The van der Waals surface area contributed by atoms with Crippen molar-refractivity contribution < 1.29 is 9.53 Å². The zero-order valence-electron chi connectivity index (χ0n) is 8.68. The molecule has 0 spiro atoms. The van der Waals surface area contributed by atoms with E-state index in [1.165, 1.54) is 0 Å². The second-order valence-electron chi connectivity index (χ2n) is 3.16. The number of aromatic nitrogens is 1. The van der Waals surface area contributed by atoms with Gasteiger partial charge in [-0.3, -0.25) is 4.79 Å². The van der Waals surface area contributed by atoms with Crippen molar-refractivity contribution in [1.29, 1.82) is 5.26 Å². The van der Waals surface area contributed by atoms with Crippen molar-refractivity contribution in [2.75, 3.05) is 0 Å². The van der Waals surface area contributed by atoms with Crippen molar-refractivity contribution in [3.63, 3.8) is 0 Å². The monoisotopic (exact) mass is 342 g/mol. The molecule has 0 N–H and O–H groups in total. The van der Waals surface area contributed by atoms with E-state index in [2.05, 4.69) is 20.3 Å². The Hall–Kier alpha value is -1.42. The van der Waals surface area contributed by atoms with Gasteiger partial charge in [-0.25, -0.2) is 0 Å². The molecule has 18 heavy (non-hydrogen) atoms. The fraction of sp³-hybridized carbons (Fsp3) is 0. The van der Waals surface area contributed by atoms with Crippen LogP contribution in [-0.4, -0.2) is 10.7 Å². The number of rotatable bonds is 3. The van der Waals surface area contributed by atoms with Crippen molar-refractivity contribution in [3.8, 4) is 16.9 Å². The van der Waals surface area contributed by atoms with E-state index in [-0.39, 0.29) is 10.7 Å². The highest BCUT2D eigenvalue weighted by molar-refractivity contribution is 9.10. The Labute approximate surface area is 120 Å². The minimum Gasteiger partial charge on any atom is -0.442 e. The number of aldehydes is 1. The smallest absolute Gasteiger partial charge is 0.219 e. The van der Waals surface area contributed by atoms with Crippen LogP contribution in [0.2, 0.25) is 5.15 Å². The number of hydrogen-bond acceptors (Lipinski definition) is 5. The second-order valence-corrected chi connectivity index (χ2v) is 5.11. The molecule has 0 aliphatic rings. The first-order chi connectivity index (χ1) is 8.65. The number of halogens is 2. The van der Waals surface area contributed by atoms with Crippen LogP contribution in [0.3, 0.4) is 0 Å². The van der Waals surface area contributed by atoms with Crippen LogP contribution in [0.1, 0.15) is 15.9 Å². The summed E-state index contributed by atoms with van der Waals surface area (Å²) < 4.78 is 9.98. The van der Waals surface area contributed by atoms with Gasteiger partial charge in [-0.2, -0.15) is 9.64 Å². The van der Waals surface area contributed by atoms with Gasteiger partial charge in [0.15, 0.2) is 5.15 Å². The summed E-state index contributed by atoms with van der Waals surface area (Å²) in [4.78, 5) is 10.6. The minimum atomic E-state index is 0.123. The van der Waals surface area contributed by atoms with Crippen molar-refractivity contribution >= 4 is 45.3 Å². The minimum absolute atomic E-state index is 0.123. The number of benzene rings is 1. The summed E-state index contributed by atoms with van der Waals surface area (Å²) in [5.41, 5.74) is 0.727. The van der Waals surface area contributed by atoms with E-state index in [4.69, 9.17) is 21.6 Å². The Morgan fingerprint density at radius 2 is 2.33 bits per heavy atom. The maximum absolute atomic E-state index is 10.6. The van der Waals surface area contributed by atoms with Crippen LogP contribution in [0.5, 0.6) is 10.8 Å². The van der Waals surface area contributed by atoms with Crippen LogP contribution in [0.15, 0.2) is 22.7 Å². The van der Waals surface area contributed by atoms with Gasteiger partial charge in [0.05, 0.1) is 4.47 Å². The Morgan fingerprint density at radius 3 is 2.94 bits per heavy atom. The molecule has 0 aliphatic carbocycles. The van der Waals surface area contributed by atoms with Gasteiger partial charge in [-0.1, -0.05) is 11.6 Å². The van der Waals surface area contributed by atoms with Crippen LogP contribution in [0.25, 0.3) is 0 Å². The molecule has 0 amide bonds. The summed E-state index contributed by atoms with van der Waals surface area (Å²) in [5, 5.41) is 9.36. The van der Waals surface area contributed by atoms with E-state index in [9.17, 15) is 4.79 Å². The van der Waals surface area contributed by atoms with Crippen LogP contribution in [0, 0.1) is 11.3 Å². The van der Waals surface area contributed by atoms with Gasteiger partial charge in [0.25, 0.3) is 0 Å². The molecule has 1 aromatic carbocycles. The summed E-state index contributed by atoms with van der Waals surface area (Å²) in [6.45, 7) is 0. The molecular formula is C11H4BrClN2O2S. The number of carbonyl (C=O) groups is 1. The average Bonchev–Trinajstić information content (AvgIpc) is 2.72. The molecule has 0 unspecified atom stereocenters. The third-order valence-corrected chi connectivity index (χ3v) is 3.75. The van der Waals surface area contributed by atoms with Crippen molar-refractivity contribution in [1.82, 2.24) is 4.37 Å². The van der Waals surface area contributed by atoms with Crippen LogP contribution in [0.4, 0.5) is 0 Å². The van der Waals surface area contributed by atoms with Gasteiger partial charge >= 0.3 is 0 Å². The first kappa shape index (κ1) is 13.0. The first-order valence-electron chi connectivity index (χ1n) is 4.63. The van der Waals surface area contributed by atoms with Crippen LogP contribution >= 0.6 is 39.1 Å². The number of nitrogens with zero attached hydrogens (tertiary/aromatic N) is 2. The fourth-order valence-electron chi connectivity index (χ4n) is 1.19. The number of hydrogen-bond donors (Lipinski definition) is 0. The topological polar surface area (TPSA) is 63.0 Å². The largest absolute Gasteiger partial charge is 0.442 e. The van der Waals surface area contributed by atoms with Crippen molar-refractivity contribution in [3.05, 3.63) is 39.0 Å². The van der Waals surface area contributed by atoms with Crippen LogP contribution < -0.4 is 4.74 Å². The number of ether oxygens (including phenoxy) is 1. The highest BCUT2D eigenvalue weighted by Gasteiger charge is 2.15. The third kappa shape index (κ3) is 2.53. The van der Waals surface area contributed by atoms with E-state index in [1.54, 1.807) is 18.2 Å². The molecule has 0 saturated carbocycles. The Balaban J connectivity index is 2.35. The van der Waals surface area contributed by atoms with Gasteiger partial charge in [-0.15, -0.1) is 0 Å². The molecular weight excluding hydrogens is 340 g/mol. The number of nitriles is 1. The Kier molecular flexibility index (Phi) is 3.97. The standard InChI is InChI=1S/C11H4BrClN2O2S/c12-8-3-6(5-16)1-2-9(8)17-11-7(4-14)10(13)15-18-11/h1-3,5H. The molecule has 1 heterocycles. The molecule has 0 atom stereocenters. The third-order valence-electron chi connectivity index (χ3n) is 2.03. The zero-order chi connectivity index (χ0) is 13.1. The molecule has 0 bridgehead atoms. The van der Waals surface area contributed by atoms with Gasteiger partial charge in [-0.05, 0) is 34.1 Å². The van der Waals surface area contributed by atoms with E-state index >= 15 is 0 Å². The zero-order valence-corrected chi connectivity index (χ0v) is 11.8. The summed E-state index contributed by atoms with van der Waals surface area (Å²) in [7, 11) is 0. The molecule has 7 heteroatoms. The normalized spacial score (nSPS) is 9.83. The molecule has 0 fully saturated rings. The average molecular weight is 344 g/mol. The first-order valence-corrected chi connectivity index (χ1v) is 6.58. The highest BCUT2D eigenvalue weighted by atomic mass is 79.9. The van der Waals surface area contributed by atoms with Gasteiger partial charge < -0.3 is 4.74 Å². The molecule has 2 rings (SSSR count). The predicted octanol–water partition coefficient (Wildman–Crippen LogP) is 4.04. The summed E-state index contributed by atoms with van der Waals surface area (Å²) in [6, 6.07) is 6.79. The maximum atomic E-state index is 10.6. The molecule has 0 radical (unpaired) electrons.